The molecule has 2 rings (SSSR count). The van der Waals surface area contributed by atoms with Crippen molar-refractivity contribution in [3.05, 3.63) is 94.6 Å². The molecule has 8 heteroatoms. The van der Waals surface area contributed by atoms with Crippen molar-refractivity contribution in [2.45, 2.75) is 71.8 Å². The van der Waals surface area contributed by atoms with Gasteiger partial charge in [0.25, 0.3) is 0 Å². The van der Waals surface area contributed by atoms with Crippen molar-refractivity contribution in [2.75, 3.05) is 12.4 Å². The zero-order valence-corrected chi connectivity index (χ0v) is 26.4. The minimum absolute atomic E-state index is 0.0498. The third-order valence-corrected chi connectivity index (χ3v) is 8.22. The Morgan fingerprint density at radius 2 is 1.59 bits per heavy atom. The van der Waals surface area contributed by atoms with Crippen LogP contribution in [-0.4, -0.2) is 18.3 Å². The quantitative estimate of drug-likeness (QED) is 0.0450. The number of terminal acetylenes is 1. The highest BCUT2D eigenvalue weighted by molar-refractivity contribution is 7.99. The topological polar surface area (TPSA) is 71.1 Å². The van der Waals surface area contributed by atoms with Crippen LogP contribution in [0.1, 0.15) is 76.2 Å². The van der Waals surface area contributed by atoms with Gasteiger partial charge in [0, 0.05) is 10.6 Å². The first-order valence-corrected chi connectivity index (χ1v) is 16.1. The summed E-state index contributed by atoms with van der Waals surface area (Å²) >= 11 is 1.61. The SMILES string of the molecule is C#COP(=O)(OCC)OCc1ccc(OC(=O)c2ccccc2SCC=C(C)CCC=C(C)CCC=C(C)C)cc1. The van der Waals surface area contributed by atoms with E-state index in [-0.39, 0.29) is 13.2 Å². The van der Waals surface area contributed by atoms with Crippen LogP contribution in [0.3, 0.4) is 0 Å². The molecule has 0 aliphatic carbocycles. The number of allylic oxidation sites excluding steroid dienone is 5. The number of hydrogen-bond donors (Lipinski definition) is 0. The summed E-state index contributed by atoms with van der Waals surface area (Å²) in [5.41, 5.74) is 5.32. The zero-order chi connectivity index (χ0) is 30.1. The highest BCUT2D eigenvalue weighted by Gasteiger charge is 2.26. The molecule has 0 amide bonds. The number of ether oxygens (including phenoxy) is 1. The molecule has 2 aromatic carbocycles. The average Bonchev–Trinajstić information content (AvgIpc) is 2.93. The zero-order valence-electron chi connectivity index (χ0n) is 24.7. The highest BCUT2D eigenvalue weighted by atomic mass is 32.2. The first kappa shape index (κ1) is 34.2. The van der Waals surface area contributed by atoms with E-state index in [0.717, 1.165) is 36.3 Å². The van der Waals surface area contributed by atoms with Crippen LogP contribution < -0.4 is 4.74 Å². The van der Waals surface area contributed by atoms with Gasteiger partial charge in [-0.25, -0.2) is 9.36 Å². The molecule has 220 valence electrons. The van der Waals surface area contributed by atoms with Crippen LogP contribution in [0, 0.1) is 12.5 Å². The molecule has 0 aromatic heterocycles. The van der Waals surface area contributed by atoms with Crippen molar-refractivity contribution in [1.82, 2.24) is 0 Å². The van der Waals surface area contributed by atoms with Crippen LogP contribution in [0.15, 0.2) is 88.4 Å². The fourth-order valence-electron chi connectivity index (χ4n) is 3.66. The summed E-state index contributed by atoms with van der Waals surface area (Å²) in [5.74, 6) is 0.712. The molecule has 0 spiro atoms. The lowest BCUT2D eigenvalue weighted by atomic mass is 10.1. The number of thioether (sulfide) groups is 1. The first-order valence-electron chi connectivity index (χ1n) is 13.7. The molecule has 0 saturated carbocycles. The molecule has 0 radical (unpaired) electrons. The lowest BCUT2D eigenvalue weighted by Crippen LogP contribution is -2.10. The van der Waals surface area contributed by atoms with Gasteiger partial charge in [-0.15, -0.1) is 11.8 Å². The maximum absolute atomic E-state index is 13.0. The lowest BCUT2D eigenvalue weighted by molar-refractivity contribution is 0.0731. The second kappa shape index (κ2) is 18.4. The van der Waals surface area contributed by atoms with Crippen LogP contribution in [0.2, 0.25) is 0 Å². The molecule has 0 saturated heterocycles. The van der Waals surface area contributed by atoms with Crippen LogP contribution in [0.4, 0.5) is 0 Å². The molecule has 0 heterocycles. The van der Waals surface area contributed by atoms with Crippen LogP contribution in [-0.2, 0) is 24.7 Å². The molecule has 0 fully saturated rings. The molecule has 1 atom stereocenters. The Morgan fingerprint density at radius 1 is 0.927 bits per heavy atom. The van der Waals surface area contributed by atoms with Gasteiger partial charge in [-0.05, 0) is 90.1 Å². The fourth-order valence-corrected chi connectivity index (χ4v) is 5.62. The minimum atomic E-state index is -3.83. The maximum atomic E-state index is 13.0. The van der Waals surface area contributed by atoms with E-state index in [4.69, 9.17) is 20.2 Å². The van der Waals surface area contributed by atoms with E-state index >= 15 is 0 Å². The first-order chi connectivity index (χ1) is 19.7. The van der Waals surface area contributed by atoms with E-state index in [9.17, 15) is 9.36 Å². The summed E-state index contributed by atoms with van der Waals surface area (Å²) in [6.45, 7) is 10.4. The van der Waals surface area contributed by atoms with Gasteiger partial charge in [0.15, 0.2) is 0 Å². The van der Waals surface area contributed by atoms with Gasteiger partial charge < -0.3 is 9.26 Å². The second-order valence-corrected chi connectivity index (χ2v) is 12.3. The number of phosphoric acid groups is 1. The van der Waals surface area contributed by atoms with Gasteiger partial charge in [-0.3, -0.25) is 9.05 Å². The molecule has 0 N–H and O–H groups in total. The monoisotopic (exact) mass is 596 g/mol. The van der Waals surface area contributed by atoms with Crippen molar-refractivity contribution in [1.29, 1.82) is 0 Å². The maximum Gasteiger partial charge on any atom is 0.538 e. The Hall–Kier alpha value is -3.01. The summed E-state index contributed by atoms with van der Waals surface area (Å²) in [4.78, 5) is 13.8. The fraction of sp³-hybridized carbons (Fsp3) is 0.364. The normalized spacial score (nSPS) is 13.2. The number of phosphoric ester groups is 1. The van der Waals surface area contributed by atoms with Gasteiger partial charge >= 0.3 is 13.8 Å². The molecule has 41 heavy (non-hydrogen) atoms. The molecule has 0 aliphatic heterocycles. The molecule has 1 unspecified atom stereocenters. The van der Waals surface area contributed by atoms with Crippen molar-refractivity contribution in [3.63, 3.8) is 0 Å². The Balaban J connectivity index is 1.89. The summed E-state index contributed by atoms with van der Waals surface area (Å²) in [6, 6.07) is 14.1. The molecular formula is C33H41O6PS. The number of carbonyl (C=O) groups is 1. The van der Waals surface area contributed by atoms with Crippen molar-refractivity contribution < 1.29 is 27.7 Å². The predicted octanol–water partition coefficient (Wildman–Crippen LogP) is 9.69. The van der Waals surface area contributed by atoms with Crippen LogP contribution in [0.5, 0.6) is 5.75 Å². The summed E-state index contributed by atoms with van der Waals surface area (Å²) < 4.78 is 32.9. The van der Waals surface area contributed by atoms with Gasteiger partial charge in [0.2, 0.25) is 0 Å². The second-order valence-electron chi connectivity index (χ2n) is 9.65. The average molecular weight is 597 g/mol. The van der Waals surface area contributed by atoms with Crippen LogP contribution >= 0.6 is 19.6 Å². The van der Waals surface area contributed by atoms with E-state index in [1.54, 1.807) is 49.0 Å². The molecule has 0 bridgehead atoms. The summed E-state index contributed by atoms with van der Waals surface area (Å²) in [6.07, 6.45) is 18.0. The van der Waals surface area contributed by atoms with Gasteiger partial charge in [-0.2, -0.15) is 0 Å². The number of rotatable bonds is 17. The molecular weight excluding hydrogens is 555 g/mol. The molecule has 2 aromatic rings. The summed E-state index contributed by atoms with van der Waals surface area (Å²) in [5, 5.41) is 0. The molecule has 6 nitrogen and oxygen atoms in total. The Bertz CT molecular complexity index is 1300. The van der Waals surface area contributed by atoms with Crippen molar-refractivity contribution in [2.24, 2.45) is 0 Å². The van der Waals surface area contributed by atoms with E-state index < -0.39 is 13.8 Å². The summed E-state index contributed by atoms with van der Waals surface area (Å²) in [7, 11) is -3.83. The Labute approximate surface area is 249 Å². The lowest BCUT2D eigenvalue weighted by Gasteiger charge is -2.14. The highest BCUT2D eigenvalue weighted by Crippen LogP contribution is 2.49. The van der Waals surface area contributed by atoms with Gasteiger partial charge in [-0.1, -0.05) is 65.6 Å². The van der Waals surface area contributed by atoms with Crippen molar-refractivity contribution in [3.8, 4) is 18.3 Å². The largest absolute Gasteiger partial charge is 0.538 e. The number of esters is 1. The molecule has 0 aliphatic rings. The minimum Gasteiger partial charge on any atom is -0.423 e. The van der Waals surface area contributed by atoms with Crippen LogP contribution in [0.25, 0.3) is 0 Å². The Morgan fingerprint density at radius 3 is 2.24 bits per heavy atom. The van der Waals surface area contributed by atoms with E-state index in [1.807, 2.05) is 24.3 Å². The smallest absolute Gasteiger partial charge is 0.423 e. The van der Waals surface area contributed by atoms with E-state index in [1.165, 1.54) is 16.7 Å². The standard InChI is InChI=1S/C33H41O6PS/c1-7-36-40(35,37-8-2)38-25-29-19-21-30(22-20-29)39-33(34)31-17-9-10-18-32(31)41-24-23-28(6)16-12-15-27(5)14-11-13-26(3)4/h1,9-10,13,15,17-23H,8,11-12,14,16,24-25H2,2-6H3. The van der Waals surface area contributed by atoms with Gasteiger partial charge in [0.05, 0.1) is 18.8 Å². The third kappa shape index (κ3) is 13.5. The predicted molar refractivity (Wildman–Crippen MR) is 168 cm³/mol. The number of carbonyl (C=O) groups excluding carboxylic acids is 1. The number of benzene rings is 2. The van der Waals surface area contributed by atoms with Crippen molar-refractivity contribution >= 4 is 25.6 Å². The third-order valence-electron chi connectivity index (χ3n) is 5.88. The Kier molecular flexibility index (Phi) is 15.4. The van der Waals surface area contributed by atoms with E-state index in [2.05, 4.69) is 50.4 Å². The van der Waals surface area contributed by atoms with Gasteiger partial charge in [0.1, 0.15) is 11.9 Å². The number of hydrogen-bond acceptors (Lipinski definition) is 7. The van der Waals surface area contributed by atoms with E-state index in [0.29, 0.717) is 16.9 Å².